The molecule has 1 rings (SSSR count). The Morgan fingerprint density at radius 2 is 1.94 bits per heavy atom. The fourth-order valence-corrected chi connectivity index (χ4v) is 1.19. The zero-order valence-corrected chi connectivity index (χ0v) is 9.52. The third kappa shape index (κ3) is 3.31. The summed E-state index contributed by atoms with van der Waals surface area (Å²) in [4.78, 5) is 2.67. The molecule has 0 aliphatic rings. The molecule has 3 nitrogen and oxygen atoms in total. The second-order valence-electron chi connectivity index (χ2n) is 3.24. The molecule has 0 saturated heterocycles. The molecule has 0 atom stereocenters. The van der Waals surface area contributed by atoms with E-state index in [1.165, 1.54) is 6.82 Å². The number of hydrogen-bond donors (Lipinski definition) is 0. The quantitative estimate of drug-likeness (QED) is 0.622. The average Bonchev–Trinajstić information content (AvgIpc) is 2.22. The van der Waals surface area contributed by atoms with Crippen LogP contribution >= 0.6 is 0 Å². The second-order valence-corrected chi connectivity index (χ2v) is 3.24. The maximum atomic E-state index is 13.4. The molecule has 0 aliphatic carbocycles. The first-order valence-electron chi connectivity index (χ1n) is 4.96. The highest BCUT2D eigenvalue weighted by atomic mass is 19.4. The van der Waals surface area contributed by atoms with Gasteiger partial charge in [0.25, 0.3) is 0 Å². The predicted molar refractivity (Wildman–Crippen MR) is 53.0 cm³/mol. The summed E-state index contributed by atoms with van der Waals surface area (Å²) in [6, 6.07) is 0. The number of pyridine rings is 1. The molecule has 0 N–H and O–H groups in total. The van der Waals surface area contributed by atoms with E-state index in [0.29, 0.717) is 0 Å². The molecule has 0 fully saturated rings. The van der Waals surface area contributed by atoms with Crippen LogP contribution in [0.2, 0.25) is 6.82 Å². The summed E-state index contributed by atoms with van der Waals surface area (Å²) in [5.41, 5.74) is -1.83. The molecular formula is C9H9BF5NO2. The van der Waals surface area contributed by atoms with E-state index in [-0.39, 0.29) is 12.8 Å². The van der Waals surface area contributed by atoms with Gasteiger partial charge < -0.3 is 9.31 Å². The van der Waals surface area contributed by atoms with Crippen molar-refractivity contribution in [1.29, 1.82) is 0 Å². The molecule has 18 heavy (non-hydrogen) atoms. The van der Waals surface area contributed by atoms with E-state index in [9.17, 15) is 22.0 Å². The van der Waals surface area contributed by atoms with E-state index in [1.807, 2.05) is 0 Å². The van der Waals surface area contributed by atoms with E-state index < -0.39 is 36.4 Å². The maximum absolute atomic E-state index is 13.4. The lowest BCUT2D eigenvalue weighted by Gasteiger charge is -2.14. The van der Waals surface area contributed by atoms with Crippen LogP contribution < -0.4 is 4.65 Å². The number of rotatable bonds is 4. The van der Waals surface area contributed by atoms with Gasteiger partial charge in [0.05, 0.1) is 6.20 Å². The Morgan fingerprint density at radius 1 is 1.33 bits per heavy atom. The number of hydrogen-bond acceptors (Lipinski definition) is 3. The van der Waals surface area contributed by atoms with Gasteiger partial charge in [-0.15, -0.1) is 0 Å². The minimum atomic E-state index is -5.02. The summed E-state index contributed by atoms with van der Waals surface area (Å²) < 4.78 is 73.1. The van der Waals surface area contributed by atoms with Crippen molar-refractivity contribution in [2.45, 2.75) is 19.9 Å². The Bertz CT molecular complexity index is 426. The zero-order valence-electron chi connectivity index (χ0n) is 9.52. The molecule has 0 spiro atoms. The van der Waals surface area contributed by atoms with Crippen LogP contribution in [0.3, 0.4) is 0 Å². The minimum Gasteiger partial charge on any atom is -0.532 e. The summed E-state index contributed by atoms with van der Waals surface area (Å²) in [6.45, 7) is 3.08. The van der Waals surface area contributed by atoms with Crippen molar-refractivity contribution in [3.05, 3.63) is 23.5 Å². The highest BCUT2D eigenvalue weighted by Crippen LogP contribution is 2.34. The van der Waals surface area contributed by atoms with Gasteiger partial charge in [-0.3, -0.25) is 0 Å². The summed E-state index contributed by atoms with van der Waals surface area (Å²) in [5.74, 6) is -4.38. The van der Waals surface area contributed by atoms with E-state index in [1.54, 1.807) is 6.92 Å². The van der Waals surface area contributed by atoms with Gasteiger partial charge >= 0.3 is 13.3 Å². The monoisotopic (exact) mass is 269 g/mol. The molecule has 0 saturated carbocycles. The fourth-order valence-electron chi connectivity index (χ4n) is 1.19. The highest BCUT2D eigenvalue weighted by molar-refractivity contribution is 6.43. The molecule has 1 aromatic rings. The lowest BCUT2D eigenvalue weighted by molar-refractivity contribution is -0.143. The van der Waals surface area contributed by atoms with Crippen LogP contribution in [0.4, 0.5) is 22.0 Å². The van der Waals surface area contributed by atoms with E-state index in [2.05, 4.69) is 9.64 Å². The van der Waals surface area contributed by atoms with Gasteiger partial charge in [-0.1, -0.05) is 0 Å². The van der Waals surface area contributed by atoms with Gasteiger partial charge in [0.1, 0.15) is 0 Å². The normalized spacial score (nSPS) is 11.5. The van der Waals surface area contributed by atoms with Gasteiger partial charge in [0.15, 0.2) is 23.1 Å². The molecule has 0 bridgehead atoms. The molecule has 0 amide bonds. The van der Waals surface area contributed by atoms with Crippen LogP contribution in [-0.4, -0.2) is 18.7 Å². The number of alkyl halides is 3. The maximum Gasteiger partial charge on any atom is 0.522 e. The molecule has 0 aromatic carbocycles. The van der Waals surface area contributed by atoms with E-state index >= 15 is 0 Å². The third-order valence-corrected chi connectivity index (χ3v) is 1.88. The van der Waals surface area contributed by atoms with Crippen LogP contribution in [0.1, 0.15) is 12.6 Å². The first-order valence-corrected chi connectivity index (χ1v) is 4.96. The van der Waals surface area contributed by atoms with Gasteiger partial charge in [-0.25, -0.2) is 13.8 Å². The summed E-state index contributed by atoms with van der Waals surface area (Å²) >= 11 is 0. The number of nitrogens with zero attached hydrogens (tertiary/aromatic N) is 1. The second kappa shape index (κ2) is 5.51. The Labute approximate surface area is 100 Å². The predicted octanol–water partition coefficient (Wildman–Crippen LogP) is 2.91. The standard InChI is InChI=1S/C9H9BF5NO2/c1-3-17-10(2)18-7-5(11)4-16-8(6(7)12)9(13,14)15/h4H,3H2,1-2H3. The fraction of sp³-hybridized carbons (Fsp3) is 0.444. The van der Waals surface area contributed by atoms with E-state index in [4.69, 9.17) is 4.65 Å². The first-order chi connectivity index (χ1) is 8.27. The Hall–Kier alpha value is -1.38. The molecule has 0 unspecified atom stereocenters. The molecule has 0 aliphatic heterocycles. The van der Waals surface area contributed by atoms with Crippen molar-refractivity contribution in [2.24, 2.45) is 0 Å². The lowest BCUT2D eigenvalue weighted by Crippen LogP contribution is -2.24. The molecule has 100 valence electrons. The van der Waals surface area contributed by atoms with Crippen molar-refractivity contribution < 1.29 is 31.3 Å². The third-order valence-electron chi connectivity index (χ3n) is 1.88. The molecule has 9 heteroatoms. The number of halogens is 5. The van der Waals surface area contributed by atoms with Crippen LogP contribution in [-0.2, 0) is 10.8 Å². The van der Waals surface area contributed by atoms with Crippen molar-refractivity contribution >= 4 is 7.12 Å². The molecule has 0 radical (unpaired) electrons. The van der Waals surface area contributed by atoms with Gasteiger partial charge in [0, 0.05) is 6.61 Å². The van der Waals surface area contributed by atoms with Crippen LogP contribution in [0.25, 0.3) is 0 Å². The largest absolute Gasteiger partial charge is 0.532 e. The van der Waals surface area contributed by atoms with Gasteiger partial charge in [-0.05, 0) is 13.7 Å². The van der Waals surface area contributed by atoms with Gasteiger partial charge in [0.2, 0.25) is 0 Å². The van der Waals surface area contributed by atoms with Gasteiger partial charge in [-0.2, -0.15) is 13.2 Å². The van der Waals surface area contributed by atoms with Crippen LogP contribution in [0.15, 0.2) is 6.20 Å². The lowest BCUT2D eigenvalue weighted by atomic mass is 9.95. The average molecular weight is 269 g/mol. The van der Waals surface area contributed by atoms with Crippen LogP contribution in [0.5, 0.6) is 5.75 Å². The van der Waals surface area contributed by atoms with Crippen molar-refractivity contribution in [1.82, 2.24) is 4.98 Å². The molecule has 1 heterocycles. The highest BCUT2D eigenvalue weighted by Gasteiger charge is 2.38. The van der Waals surface area contributed by atoms with Crippen molar-refractivity contribution in [3.63, 3.8) is 0 Å². The topological polar surface area (TPSA) is 31.4 Å². The Balaban J connectivity index is 3.11. The first kappa shape index (κ1) is 14.7. The summed E-state index contributed by atoms with van der Waals surface area (Å²) in [5, 5.41) is 0. The summed E-state index contributed by atoms with van der Waals surface area (Å²) in [7, 11) is -1.08. The smallest absolute Gasteiger partial charge is 0.522 e. The van der Waals surface area contributed by atoms with E-state index in [0.717, 1.165) is 0 Å². The van der Waals surface area contributed by atoms with Crippen LogP contribution in [0, 0.1) is 11.6 Å². The number of aromatic nitrogens is 1. The Morgan fingerprint density at radius 3 is 2.44 bits per heavy atom. The van der Waals surface area contributed by atoms with Crippen molar-refractivity contribution in [2.75, 3.05) is 6.61 Å². The SMILES string of the molecule is CCOB(C)Oc1c(F)cnc(C(F)(F)F)c1F. The van der Waals surface area contributed by atoms with Crippen molar-refractivity contribution in [3.8, 4) is 5.75 Å². The molecule has 1 aromatic heterocycles. The minimum absolute atomic E-state index is 0.182. The summed E-state index contributed by atoms with van der Waals surface area (Å²) in [6.07, 6.45) is -4.77. The molecular weight excluding hydrogens is 260 g/mol. The zero-order chi connectivity index (χ0) is 13.9. The Kier molecular flexibility index (Phi) is 4.50.